The van der Waals surface area contributed by atoms with Gasteiger partial charge in [-0.1, -0.05) is 66.2 Å². The number of hydrogen-bond acceptors (Lipinski definition) is 3. The molecule has 2 aliphatic rings. The van der Waals surface area contributed by atoms with Crippen LogP contribution >= 0.6 is 11.6 Å². The fourth-order valence-corrected chi connectivity index (χ4v) is 7.20. The Labute approximate surface area is 241 Å². The summed E-state index contributed by atoms with van der Waals surface area (Å²) in [5.41, 5.74) is 3.55. The molecule has 2 amide bonds. The van der Waals surface area contributed by atoms with Gasteiger partial charge < -0.3 is 9.80 Å². The van der Waals surface area contributed by atoms with Gasteiger partial charge in [-0.3, -0.25) is 9.59 Å². The van der Waals surface area contributed by atoms with Gasteiger partial charge in [-0.15, -0.1) is 0 Å². The minimum atomic E-state index is -1.58. The van der Waals surface area contributed by atoms with Crippen LogP contribution in [0.2, 0.25) is 5.02 Å². The summed E-state index contributed by atoms with van der Waals surface area (Å²) < 4.78 is 13.7. The van der Waals surface area contributed by atoms with E-state index in [0.717, 1.165) is 24.8 Å². The highest BCUT2D eigenvalue weighted by molar-refractivity contribution is 7.85. The van der Waals surface area contributed by atoms with Crippen molar-refractivity contribution in [2.45, 2.75) is 35.6 Å². The molecule has 40 heavy (non-hydrogen) atoms. The second-order valence-electron chi connectivity index (χ2n) is 10.4. The van der Waals surface area contributed by atoms with E-state index in [0.29, 0.717) is 50.6 Å². The molecule has 5 nitrogen and oxygen atoms in total. The highest BCUT2D eigenvalue weighted by Gasteiger charge is 2.32. The summed E-state index contributed by atoms with van der Waals surface area (Å²) in [6.45, 7) is 1.62. The highest BCUT2D eigenvalue weighted by Crippen LogP contribution is 2.36. The molecule has 2 aliphatic heterocycles. The molecule has 2 heterocycles. The first-order chi connectivity index (χ1) is 19.5. The van der Waals surface area contributed by atoms with E-state index in [1.807, 2.05) is 29.2 Å². The quantitative estimate of drug-likeness (QED) is 0.267. The van der Waals surface area contributed by atoms with Crippen LogP contribution in [0.15, 0.2) is 107 Å². The number of anilines is 1. The van der Waals surface area contributed by atoms with Gasteiger partial charge in [0.2, 0.25) is 0 Å². The Morgan fingerprint density at radius 2 is 1.55 bits per heavy atom. The minimum absolute atomic E-state index is 0.0661. The third kappa shape index (κ3) is 5.34. The van der Waals surface area contributed by atoms with Gasteiger partial charge in [0.25, 0.3) is 11.8 Å². The van der Waals surface area contributed by atoms with Crippen molar-refractivity contribution in [1.29, 1.82) is 0 Å². The lowest BCUT2D eigenvalue weighted by atomic mass is 9.90. The third-order valence-corrected chi connectivity index (χ3v) is 9.49. The molecule has 1 unspecified atom stereocenters. The second-order valence-corrected chi connectivity index (χ2v) is 12.2. The van der Waals surface area contributed by atoms with E-state index in [2.05, 4.69) is 24.3 Å². The van der Waals surface area contributed by atoms with E-state index in [4.69, 9.17) is 11.6 Å². The molecule has 0 spiro atoms. The molecule has 202 valence electrons. The number of rotatable bonds is 5. The predicted molar refractivity (Wildman–Crippen MR) is 158 cm³/mol. The van der Waals surface area contributed by atoms with Crippen LogP contribution in [0.5, 0.6) is 0 Å². The van der Waals surface area contributed by atoms with Gasteiger partial charge in [0, 0.05) is 23.7 Å². The molecular formula is C33H29ClN2O3S. The molecule has 1 saturated heterocycles. The Morgan fingerprint density at radius 1 is 0.825 bits per heavy atom. The molecule has 7 heteroatoms. The fourth-order valence-electron chi connectivity index (χ4n) is 5.64. The molecule has 0 radical (unpaired) electrons. The summed E-state index contributed by atoms with van der Waals surface area (Å²) in [7, 11) is -1.58. The van der Waals surface area contributed by atoms with Crippen LogP contribution in [0.3, 0.4) is 0 Å². The number of amides is 2. The molecule has 6 rings (SSSR count). The first-order valence-corrected chi connectivity index (χ1v) is 15.0. The molecule has 4 aromatic carbocycles. The SMILES string of the molecule is O=C(c1ccc2c(c1)N(Cc1cccc(Cl)c1)C(=O)c1ccccc1S2=O)N1CCC(Cc2ccccc2)CC1. The number of fused-ring (bicyclic) bond motifs is 2. The van der Waals surface area contributed by atoms with E-state index in [-0.39, 0.29) is 18.4 Å². The van der Waals surface area contributed by atoms with Crippen LogP contribution in [0, 0.1) is 5.92 Å². The molecule has 0 aromatic heterocycles. The van der Waals surface area contributed by atoms with E-state index in [1.165, 1.54) is 5.56 Å². The highest BCUT2D eigenvalue weighted by atomic mass is 35.5. The number of hydrogen-bond donors (Lipinski definition) is 0. The van der Waals surface area contributed by atoms with Gasteiger partial charge in [0.15, 0.2) is 0 Å². The number of piperidine rings is 1. The van der Waals surface area contributed by atoms with Crippen molar-refractivity contribution in [3.8, 4) is 0 Å². The van der Waals surface area contributed by atoms with Gasteiger partial charge in [0.1, 0.15) is 0 Å². The lowest BCUT2D eigenvalue weighted by Crippen LogP contribution is -2.39. The van der Waals surface area contributed by atoms with E-state index < -0.39 is 10.8 Å². The summed E-state index contributed by atoms with van der Waals surface area (Å²) in [5.74, 6) is 0.225. The van der Waals surface area contributed by atoms with Crippen LogP contribution in [0.4, 0.5) is 5.69 Å². The number of halogens is 1. The summed E-state index contributed by atoms with van der Waals surface area (Å²) in [6.07, 6.45) is 2.92. The third-order valence-electron chi connectivity index (χ3n) is 7.76. The van der Waals surface area contributed by atoms with Crippen molar-refractivity contribution in [1.82, 2.24) is 4.90 Å². The summed E-state index contributed by atoms with van der Waals surface area (Å²) in [4.78, 5) is 32.0. The number of likely N-dealkylation sites (tertiary alicyclic amines) is 1. The van der Waals surface area contributed by atoms with Crippen molar-refractivity contribution in [3.05, 3.63) is 124 Å². The zero-order valence-electron chi connectivity index (χ0n) is 22.0. The van der Waals surface area contributed by atoms with Crippen LogP contribution in [-0.4, -0.2) is 34.0 Å². The maximum atomic E-state index is 13.9. The van der Waals surface area contributed by atoms with Crippen LogP contribution in [-0.2, 0) is 23.8 Å². The number of nitrogens with zero attached hydrogens (tertiary/aromatic N) is 2. The van der Waals surface area contributed by atoms with E-state index in [1.54, 1.807) is 53.4 Å². The van der Waals surface area contributed by atoms with Crippen molar-refractivity contribution in [3.63, 3.8) is 0 Å². The smallest absolute Gasteiger partial charge is 0.259 e. The number of benzene rings is 4. The lowest BCUT2D eigenvalue weighted by molar-refractivity contribution is 0.0690. The molecule has 0 saturated carbocycles. The largest absolute Gasteiger partial charge is 0.339 e. The first-order valence-electron chi connectivity index (χ1n) is 13.5. The minimum Gasteiger partial charge on any atom is -0.339 e. The number of carbonyl (C=O) groups is 2. The summed E-state index contributed by atoms with van der Waals surface area (Å²) in [5, 5.41) is 0.573. The maximum absolute atomic E-state index is 13.9. The van der Waals surface area contributed by atoms with Crippen LogP contribution in [0.25, 0.3) is 0 Å². The summed E-state index contributed by atoms with van der Waals surface area (Å²) in [6, 6.07) is 30.0. The Bertz CT molecular complexity index is 1600. The standard InChI is InChI=1S/C33H29ClN2O3S/c34-27-10-6-9-25(20-27)22-36-29-21-26(13-14-31(29)40(39)30-12-5-4-11-28(30)33(36)38)32(37)35-17-15-24(16-18-35)19-23-7-2-1-3-8-23/h1-14,20-21,24H,15-19,22H2. The first kappa shape index (κ1) is 26.5. The molecule has 4 aromatic rings. The monoisotopic (exact) mass is 568 g/mol. The average Bonchev–Trinajstić information content (AvgIpc) is 3.07. The molecule has 0 N–H and O–H groups in total. The fraction of sp³-hybridized carbons (Fsp3) is 0.212. The molecule has 1 atom stereocenters. The second kappa shape index (κ2) is 11.4. The summed E-state index contributed by atoms with van der Waals surface area (Å²) >= 11 is 6.24. The molecule has 0 bridgehead atoms. The van der Waals surface area contributed by atoms with Crippen LogP contribution < -0.4 is 4.90 Å². The van der Waals surface area contributed by atoms with Crippen molar-refractivity contribution in [2.24, 2.45) is 5.92 Å². The lowest BCUT2D eigenvalue weighted by Gasteiger charge is -2.32. The van der Waals surface area contributed by atoms with Gasteiger partial charge >= 0.3 is 0 Å². The molecule has 1 fully saturated rings. The Hall–Kier alpha value is -3.74. The van der Waals surface area contributed by atoms with Gasteiger partial charge in [-0.25, -0.2) is 4.21 Å². The Morgan fingerprint density at radius 3 is 2.33 bits per heavy atom. The van der Waals surface area contributed by atoms with E-state index in [9.17, 15) is 13.8 Å². The van der Waals surface area contributed by atoms with Gasteiger partial charge in [-0.05, 0) is 78.8 Å². The van der Waals surface area contributed by atoms with Crippen LogP contribution in [0.1, 0.15) is 44.7 Å². The zero-order valence-corrected chi connectivity index (χ0v) is 23.5. The van der Waals surface area contributed by atoms with Gasteiger partial charge in [0.05, 0.1) is 38.4 Å². The van der Waals surface area contributed by atoms with Crippen molar-refractivity contribution < 1.29 is 13.8 Å². The van der Waals surface area contributed by atoms with Crippen molar-refractivity contribution >= 4 is 39.9 Å². The van der Waals surface area contributed by atoms with Gasteiger partial charge in [-0.2, -0.15) is 0 Å². The molecular weight excluding hydrogens is 540 g/mol. The topological polar surface area (TPSA) is 57.7 Å². The number of carbonyl (C=O) groups excluding carboxylic acids is 2. The molecule has 0 aliphatic carbocycles. The van der Waals surface area contributed by atoms with E-state index >= 15 is 0 Å². The Balaban J connectivity index is 1.29. The average molecular weight is 569 g/mol. The maximum Gasteiger partial charge on any atom is 0.259 e. The zero-order chi connectivity index (χ0) is 27.6. The normalized spacial score (nSPS) is 17.2. The van der Waals surface area contributed by atoms with Crippen molar-refractivity contribution in [2.75, 3.05) is 18.0 Å². The predicted octanol–water partition coefficient (Wildman–Crippen LogP) is 6.76. The Kier molecular flexibility index (Phi) is 7.55.